The van der Waals surface area contributed by atoms with E-state index in [9.17, 15) is 0 Å². The molecule has 0 atom stereocenters. The van der Waals surface area contributed by atoms with E-state index in [-0.39, 0.29) is 0 Å². The Hall–Kier alpha value is -3.40. The van der Waals surface area contributed by atoms with Crippen molar-refractivity contribution >= 4 is 16.9 Å². The fourth-order valence-corrected chi connectivity index (χ4v) is 3.33. The maximum Gasteiger partial charge on any atom is 0.220 e. The number of fused-ring (bicyclic) bond motifs is 1. The fraction of sp³-hybridized carbons (Fsp3) is 0.167. The van der Waals surface area contributed by atoms with Gasteiger partial charge in [-0.1, -0.05) is 60.7 Å². The molecular weight excluding hydrogens is 346 g/mol. The number of rotatable bonds is 7. The largest absolute Gasteiger partial charge is 0.494 e. The standard InChI is InChI=1S/C24H23N3O/c25-24-26-22-14-5-4-13-21(22)23(27-24)15-6-7-16-28-20-12-8-11-19(17-20)18-9-2-1-3-10-18/h1-5,8-14,17H,6-7,15-16H2,(H2,25,26,27). The average Bonchev–Trinajstić information content (AvgIpc) is 2.74. The molecule has 0 saturated heterocycles. The van der Waals surface area contributed by atoms with Crippen molar-refractivity contribution in [2.75, 3.05) is 12.3 Å². The van der Waals surface area contributed by atoms with Crippen molar-refractivity contribution in [3.8, 4) is 16.9 Å². The SMILES string of the molecule is Nc1nc(CCCCOc2cccc(-c3ccccc3)c2)c2ccccc2n1. The Morgan fingerprint density at radius 1 is 0.750 bits per heavy atom. The van der Waals surface area contributed by atoms with Crippen LogP contribution in [0.3, 0.4) is 0 Å². The van der Waals surface area contributed by atoms with Gasteiger partial charge in [-0.3, -0.25) is 0 Å². The number of hydrogen-bond donors (Lipinski definition) is 1. The highest BCUT2D eigenvalue weighted by Gasteiger charge is 2.06. The lowest BCUT2D eigenvalue weighted by molar-refractivity contribution is 0.307. The Bertz CT molecular complexity index is 1060. The molecular formula is C24H23N3O. The number of aromatic nitrogens is 2. The third kappa shape index (κ3) is 4.29. The fourth-order valence-electron chi connectivity index (χ4n) is 3.33. The topological polar surface area (TPSA) is 61.0 Å². The third-order valence-electron chi connectivity index (χ3n) is 4.72. The van der Waals surface area contributed by atoms with Gasteiger partial charge in [0.25, 0.3) is 0 Å². The van der Waals surface area contributed by atoms with Crippen LogP contribution in [0.25, 0.3) is 22.0 Å². The van der Waals surface area contributed by atoms with E-state index in [1.54, 1.807) is 0 Å². The Morgan fingerprint density at radius 2 is 1.54 bits per heavy atom. The number of anilines is 1. The summed E-state index contributed by atoms with van der Waals surface area (Å²) in [5.74, 6) is 1.24. The van der Waals surface area contributed by atoms with Gasteiger partial charge >= 0.3 is 0 Å². The number of unbranched alkanes of at least 4 members (excludes halogenated alkanes) is 1. The van der Waals surface area contributed by atoms with Gasteiger partial charge in [-0.05, 0) is 48.6 Å². The maximum absolute atomic E-state index is 5.96. The molecule has 2 N–H and O–H groups in total. The van der Waals surface area contributed by atoms with Crippen LogP contribution in [-0.4, -0.2) is 16.6 Å². The lowest BCUT2D eigenvalue weighted by Crippen LogP contribution is -2.03. The first kappa shape index (κ1) is 18.0. The zero-order valence-electron chi connectivity index (χ0n) is 15.7. The summed E-state index contributed by atoms with van der Waals surface area (Å²) < 4.78 is 5.96. The molecule has 0 unspecified atom stereocenters. The van der Waals surface area contributed by atoms with Crippen molar-refractivity contribution in [3.63, 3.8) is 0 Å². The summed E-state index contributed by atoms with van der Waals surface area (Å²) >= 11 is 0. The van der Waals surface area contributed by atoms with E-state index in [4.69, 9.17) is 10.5 Å². The van der Waals surface area contributed by atoms with Crippen molar-refractivity contribution in [1.82, 2.24) is 9.97 Å². The van der Waals surface area contributed by atoms with Crippen LogP contribution in [0.1, 0.15) is 18.5 Å². The molecule has 1 heterocycles. The van der Waals surface area contributed by atoms with Crippen molar-refractivity contribution in [2.45, 2.75) is 19.3 Å². The summed E-state index contributed by atoms with van der Waals surface area (Å²) in [6.45, 7) is 0.677. The van der Waals surface area contributed by atoms with Crippen LogP contribution < -0.4 is 10.5 Å². The molecule has 0 saturated carbocycles. The van der Waals surface area contributed by atoms with Gasteiger partial charge in [-0.15, -0.1) is 0 Å². The van der Waals surface area contributed by atoms with E-state index < -0.39 is 0 Å². The highest BCUT2D eigenvalue weighted by molar-refractivity contribution is 5.81. The van der Waals surface area contributed by atoms with E-state index in [1.807, 2.05) is 48.5 Å². The third-order valence-corrected chi connectivity index (χ3v) is 4.72. The smallest absolute Gasteiger partial charge is 0.220 e. The minimum Gasteiger partial charge on any atom is -0.494 e. The van der Waals surface area contributed by atoms with Crippen molar-refractivity contribution in [2.24, 2.45) is 0 Å². The van der Waals surface area contributed by atoms with Crippen LogP contribution in [0.15, 0.2) is 78.9 Å². The van der Waals surface area contributed by atoms with Gasteiger partial charge in [0.05, 0.1) is 17.8 Å². The Labute approximate surface area is 165 Å². The maximum atomic E-state index is 5.96. The molecule has 4 rings (SSSR count). The van der Waals surface area contributed by atoms with E-state index in [0.717, 1.165) is 41.6 Å². The molecule has 140 valence electrons. The first-order valence-corrected chi connectivity index (χ1v) is 9.59. The zero-order valence-corrected chi connectivity index (χ0v) is 15.7. The monoisotopic (exact) mass is 369 g/mol. The molecule has 0 spiro atoms. The normalized spacial score (nSPS) is 10.9. The quantitative estimate of drug-likeness (QED) is 0.450. The molecule has 0 radical (unpaired) electrons. The van der Waals surface area contributed by atoms with Crippen LogP contribution in [0.2, 0.25) is 0 Å². The molecule has 0 fully saturated rings. The van der Waals surface area contributed by atoms with Crippen LogP contribution >= 0.6 is 0 Å². The molecule has 0 amide bonds. The van der Waals surface area contributed by atoms with Crippen molar-refractivity contribution in [1.29, 1.82) is 0 Å². The van der Waals surface area contributed by atoms with Crippen LogP contribution in [0, 0.1) is 0 Å². The lowest BCUT2D eigenvalue weighted by Gasteiger charge is -2.09. The Balaban J connectivity index is 1.32. The number of aryl methyl sites for hydroxylation is 1. The van der Waals surface area contributed by atoms with Gasteiger partial charge in [0.1, 0.15) is 5.75 Å². The summed E-state index contributed by atoms with van der Waals surface area (Å²) in [7, 11) is 0. The Morgan fingerprint density at radius 3 is 2.43 bits per heavy atom. The molecule has 0 aliphatic heterocycles. The number of nitrogens with two attached hydrogens (primary N) is 1. The first-order valence-electron chi connectivity index (χ1n) is 9.59. The van der Waals surface area contributed by atoms with Gasteiger partial charge in [-0.25, -0.2) is 9.97 Å². The molecule has 0 bridgehead atoms. The van der Waals surface area contributed by atoms with E-state index in [1.165, 1.54) is 11.1 Å². The number of nitrogens with zero attached hydrogens (tertiary/aromatic N) is 2. The first-order chi connectivity index (χ1) is 13.8. The van der Waals surface area contributed by atoms with Crippen molar-refractivity contribution in [3.05, 3.63) is 84.6 Å². The van der Waals surface area contributed by atoms with Gasteiger partial charge in [0.2, 0.25) is 5.95 Å². The van der Waals surface area contributed by atoms with Crippen LogP contribution in [-0.2, 0) is 6.42 Å². The lowest BCUT2D eigenvalue weighted by atomic mass is 10.1. The predicted octanol–water partition coefficient (Wildman–Crippen LogP) is 5.28. The minimum absolute atomic E-state index is 0.336. The summed E-state index contributed by atoms with van der Waals surface area (Å²) in [5, 5.41) is 1.08. The van der Waals surface area contributed by atoms with E-state index in [2.05, 4.69) is 40.3 Å². The van der Waals surface area contributed by atoms with Gasteiger partial charge in [0, 0.05) is 5.39 Å². The van der Waals surface area contributed by atoms with Crippen LogP contribution in [0.5, 0.6) is 5.75 Å². The van der Waals surface area contributed by atoms with Gasteiger partial charge in [-0.2, -0.15) is 0 Å². The van der Waals surface area contributed by atoms with E-state index in [0.29, 0.717) is 12.6 Å². The molecule has 28 heavy (non-hydrogen) atoms. The number of nitrogen functional groups attached to an aromatic ring is 1. The Kier molecular flexibility index (Phi) is 5.48. The molecule has 1 aromatic heterocycles. The number of ether oxygens (including phenoxy) is 1. The summed E-state index contributed by atoms with van der Waals surface area (Å²) in [4.78, 5) is 8.72. The zero-order chi connectivity index (χ0) is 19.2. The molecule has 4 nitrogen and oxygen atoms in total. The molecule has 0 aliphatic carbocycles. The van der Waals surface area contributed by atoms with Crippen molar-refractivity contribution < 1.29 is 4.74 Å². The van der Waals surface area contributed by atoms with E-state index >= 15 is 0 Å². The average molecular weight is 369 g/mol. The molecule has 0 aliphatic rings. The second-order valence-corrected chi connectivity index (χ2v) is 6.75. The minimum atomic E-state index is 0.336. The highest BCUT2D eigenvalue weighted by Crippen LogP contribution is 2.24. The summed E-state index contributed by atoms with van der Waals surface area (Å²) in [6, 6.07) is 26.6. The molecule has 4 heteroatoms. The van der Waals surface area contributed by atoms with Gasteiger partial charge in [0.15, 0.2) is 0 Å². The molecule has 4 aromatic rings. The predicted molar refractivity (Wildman–Crippen MR) is 114 cm³/mol. The van der Waals surface area contributed by atoms with Crippen LogP contribution in [0.4, 0.5) is 5.95 Å². The summed E-state index contributed by atoms with van der Waals surface area (Å²) in [5.41, 5.74) is 10.1. The number of hydrogen-bond acceptors (Lipinski definition) is 4. The van der Waals surface area contributed by atoms with Gasteiger partial charge < -0.3 is 10.5 Å². The number of para-hydroxylation sites is 1. The molecule has 3 aromatic carbocycles. The number of benzene rings is 3. The second kappa shape index (κ2) is 8.53. The summed E-state index contributed by atoms with van der Waals surface area (Å²) in [6.07, 6.45) is 2.80. The highest BCUT2D eigenvalue weighted by atomic mass is 16.5. The second-order valence-electron chi connectivity index (χ2n) is 6.75.